The molecule has 1 amide bonds. The molecule has 10 heavy (non-hydrogen) atoms. The molecule has 0 bridgehead atoms. The van der Waals surface area contributed by atoms with Crippen molar-refractivity contribution in [1.82, 2.24) is 4.90 Å². The summed E-state index contributed by atoms with van der Waals surface area (Å²) in [6, 6.07) is 0. The van der Waals surface area contributed by atoms with E-state index in [1.807, 2.05) is 6.92 Å². The Labute approximate surface area is 61.0 Å². The van der Waals surface area contributed by atoms with Crippen molar-refractivity contribution in [2.45, 2.75) is 19.4 Å². The highest BCUT2D eigenvalue weighted by Gasteiger charge is 2.26. The second kappa shape index (κ2) is 3.01. The number of carbonyl (C=O) groups is 1. The average Bonchev–Trinajstić information content (AvgIpc) is 2.14. The van der Waals surface area contributed by atoms with Crippen LogP contribution in [0.5, 0.6) is 0 Å². The van der Waals surface area contributed by atoms with Crippen LogP contribution in [0.4, 0.5) is 0 Å². The molecule has 0 aliphatic carbocycles. The largest absolute Gasteiger partial charge is 0.376 e. The van der Waals surface area contributed by atoms with Crippen molar-refractivity contribution < 1.29 is 9.53 Å². The average molecular weight is 143 g/mol. The van der Waals surface area contributed by atoms with Gasteiger partial charge >= 0.3 is 0 Å². The molecule has 1 unspecified atom stereocenters. The van der Waals surface area contributed by atoms with E-state index in [0.717, 1.165) is 6.54 Å². The predicted molar refractivity (Wildman–Crippen MR) is 37.7 cm³/mol. The molecule has 0 radical (unpaired) electrons. The van der Waals surface area contributed by atoms with Gasteiger partial charge < -0.3 is 9.64 Å². The highest BCUT2D eigenvalue weighted by atomic mass is 16.5. The molecule has 0 saturated carbocycles. The first kappa shape index (κ1) is 7.54. The van der Waals surface area contributed by atoms with Gasteiger partial charge in [-0.05, 0) is 6.92 Å². The zero-order valence-corrected chi connectivity index (χ0v) is 6.46. The van der Waals surface area contributed by atoms with Crippen LogP contribution in [0.3, 0.4) is 0 Å². The van der Waals surface area contributed by atoms with Crippen molar-refractivity contribution in [3.05, 3.63) is 0 Å². The second-order valence-corrected chi connectivity index (χ2v) is 2.56. The molecular formula is C7H13NO2. The Morgan fingerprint density at radius 3 is 2.90 bits per heavy atom. The van der Waals surface area contributed by atoms with E-state index < -0.39 is 0 Å². The minimum Gasteiger partial charge on any atom is -0.376 e. The van der Waals surface area contributed by atoms with E-state index in [2.05, 4.69) is 0 Å². The van der Waals surface area contributed by atoms with E-state index in [4.69, 9.17) is 4.74 Å². The van der Waals surface area contributed by atoms with Gasteiger partial charge in [-0.15, -0.1) is 0 Å². The van der Waals surface area contributed by atoms with E-state index in [1.165, 1.54) is 0 Å². The maximum atomic E-state index is 10.9. The Morgan fingerprint density at radius 2 is 2.50 bits per heavy atom. The highest BCUT2D eigenvalue weighted by Crippen LogP contribution is 2.11. The van der Waals surface area contributed by atoms with Crippen molar-refractivity contribution >= 4 is 5.91 Å². The molecule has 3 nitrogen and oxygen atoms in total. The molecule has 0 aromatic carbocycles. The van der Waals surface area contributed by atoms with Crippen LogP contribution in [0.2, 0.25) is 0 Å². The molecule has 1 saturated heterocycles. The normalized spacial score (nSPS) is 26.0. The van der Waals surface area contributed by atoms with Crippen molar-refractivity contribution in [2.75, 3.05) is 20.2 Å². The third-order valence-corrected chi connectivity index (χ3v) is 1.71. The lowest BCUT2D eigenvalue weighted by Crippen LogP contribution is -2.21. The third-order valence-electron chi connectivity index (χ3n) is 1.71. The summed E-state index contributed by atoms with van der Waals surface area (Å²) in [5, 5.41) is 0. The first-order valence-electron chi connectivity index (χ1n) is 3.59. The van der Waals surface area contributed by atoms with E-state index in [-0.39, 0.29) is 12.0 Å². The summed E-state index contributed by atoms with van der Waals surface area (Å²) in [6.45, 7) is 3.40. The molecular weight excluding hydrogens is 130 g/mol. The predicted octanol–water partition coefficient (Wildman–Crippen LogP) is 0.254. The van der Waals surface area contributed by atoms with Crippen LogP contribution in [-0.2, 0) is 9.53 Å². The number of amides is 1. The first-order valence-corrected chi connectivity index (χ1v) is 3.59. The first-order chi connectivity index (χ1) is 4.74. The minimum atomic E-state index is 0.141. The van der Waals surface area contributed by atoms with Gasteiger partial charge in [0.15, 0.2) is 0 Å². The molecule has 3 heteroatoms. The Hall–Kier alpha value is -0.570. The Balaban J connectivity index is 2.34. The van der Waals surface area contributed by atoms with Crippen LogP contribution in [0.25, 0.3) is 0 Å². The van der Waals surface area contributed by atoms with Gasteiger partial charge in [0, 0.05) is 20.2 Å². The monoisotopic (exact) mass is 143 g/mol. The Kier molecular flexibility index (Phi) is 2.27. The summed E-state index contributed by atoms with van der Waals surface area (Å²) < 4.78 is 5.28. The van der Waals surface area contributed by atoms with Crippen LogP contribution in [0.15, 0.2) is 0 Å². The molecule has 1 rings (SSSR count). The summed E-state index contributed by atoms with van der Waals surface area (Å²) in [7, 11) is 1.81. The summed E-state index contributed by atoms with van der Waals surface area (Å²) >= 11 is 0. The smallest absolute Gasteiger partial charge is 0.225 e. The van der Waals surface area contributed by atoms with Crippen molar-refractivity contribution in [2.24, 2.45) is 0 Å². The molecule has 0 aromatic heterocycles. The summed E-state index contributed by atoms with van der Waals surface area (Å²) in [4.78, 5) is 12.6. The second-order valence-electron chi connectivity index (χ2n) is 2.56. The van der Waals surface area contributed by atoms with Crippen molar-refractivity contribution in [3.63, 3.8) is 0 Å². The van der Waals surface area contributed by atoms with Gasteiger partial charge in [-0.2, -0.15) is 0 Å². The molecule has 0 N–H and O–H groups in total. The minimum absolute atomic E-state index is 0.141. The molecule has 0 aromatic rings. The van der Waals surface area contributed by atoms with Gasteiger partial charge in [-0.25, -0.2) is 0 Å². The van der Waals surface area contributed by atoms with E-state index in [1.54, 1.807) is 11.9 Å². The summed E-state index contributed by atoms with van der Waals surface area (Å²) in [6.07, 6.45) is 0.701. The number of rotatable bonds is 2. The van der Waals surface area contributed by atoms with Crippen LogP contribution < -0.4 is 0 Å². The number of hydrogen-bond acceptors (Lipinski definition) is 2. The highest BCUT2D eigenvalue weighted by molar-refractivity contribution is 5.78. The molecule has 58 valence electrons. The number of likely N-dealkylation sites (tertiary alicyclic amines) is 1. The number of hydrogen-bond donors (Lipinski definition) is 0. The van der Waals surface area contributed by atoms with Crippen LogP contribution >= 0.6 is 0 Å². The van der Waals surface area contributed by atoms with Crippen molar-refractivity contribution in [1.29, 1.82) is 0 Å². The maximum Gasteiger partial charge on any atom is 0.225 e. The summed E-state index contributed by atoms with van der Waals surface area (Å²) in [5.74, 6) is 0.193. The molecule has 1 atom stereocenters. The topological polar surface area (TPSA) is 29.5 Å². The number of nitrogens with zero attached hydrogens (tertiary/aromatic N) is 1. The van der Waals surface area contributed by atoms with Gasteiger partial charge in [0.2, 0.25) is 5.91 Å². The van der Waals surface area contributed by atoms with Crippen LogP contribution in [0, 0.1) is 0 Å². The maximum absolute atomic E-state index is 10.9. The SMILES string of the molecule is CCOC1CC(=O)N(C)C1. The lowest BCUT2D eigenvalue weighted by Gasteiger charge is -2.08. The molecule has 1 fully saturated rings. The molecule has 1 aliphatic heterocycles. The summed E-state index contributed by atoms with van der Waals surface area (Å²) in [5.41, 5.74) is 0. The molecule has 1 aliphatic rings. The fraction of sp³-hybridized carbons (Fsp3) is 0.857. The van der Waals surface area contributed by atoms with E-state index in [0.29, 0.717) is 13.0 Å². The molecule has 0 spiro atoms. The zero-order valence-electron chi connectivity index (χ0n) is 6.46. The van der Waals surface area contributed by atoms with Gasteiger partial charge in [0.1, 0.15) is 0 Å². The van der Waals surface area contributed by atoms with Gasteiger partial charge in [0.25, 0.3) is 0 Å². The fourth-order valence-corrected chi connectivity index (χ4v) is 1.17. The van der Waals surface area contributed by atoms with Crippen molar-refractivity contribution in [3.8, 4) is 0 Å². The van der Waals surface area contributed by atoms with Gasteiger partial charge in [0.05, 0.1) is 12.5 Å². The van der Waals surface area contributed by atoms with E-state index in [9.17, 15) is 4.79 Å². The fourth-order valence-electron chi connectivity index (χ4n) is 1.17. The Bertz CT molecular complexity index is 136. The lowest BCUT2D eigenvalue weighted by atomic mass is 10.3. The number of ether oxygens (including phenoxy) is 1. The van der Waals surface area contributed by atoms with Crippen LogP contribution in [-0.4, -0.2) is 37.1 Å². The van der Waals surface area contributed by atoms with Crippen LogP contribution in [0.1, 0.15) is 13.3 Å². The molecule has 1 heterocycles. The standard InChI is InChI=1S/C7H13NO2/c1-3-10-6-4-7(9)8(2)5-6/h6H,3-5H2,1-2H3. The zero-order chi connectivity index (χ0) is 7.56. The third kappa shape index (κ3) is 1.48. The number of carbonyl (C=O) groups excluding carboxylic acids is 1. The van der Waals surface area contributed by atoms with Gasteiger partial charge in [-0.1, -0.05) is 0 Å². The lowest BCUT2D eigenvalue weighted by molar-refractivity contribution is -0.126. The van der Waals surface area contributed by atoms with Gasteiger partial charge in [-0.3, -0.25) is 4.79 Å². The van der Waals surface area contributed by atoms with E-state index >= 15 is 0 Å². The number of likely N-dealkylation sites (N-methyl/N-ethyl adjacent to an activating group) is 1. The Morgan fingerprint density at radius 1 is 1.80 bits per heavy atom. The quantitative estimate of drug-likeness (QED) is 0.554.